The molecule has 0 aliphatic rings. The summed E-state index contributed by atoms with van der Waals surface area (Å²) in [7, 11) is 0. The van der Waals surface area contributed by atoms with E-state index in [1.165, 1.54) is 11.3 Å². The average molecular weight is 298 g/mol. The molecule has 0 spiro atoms. The Balaban J connectivity index is 2.73. The molecule has 0 fully saturated rings. The molecule has 112 valence electrons. The Kier molecular flexibility index (Phi) is 5.68. The van der Waals surface area contributed by atoms with Crippen molar-refractivity contribution < 1.29 is 14.7 Å². The molecule has 0 aliphatic carbocycles. The molecule has 0 saturated heterocycles. The van der Waals surface area contributed by atoms with Crippen LogP contribution in [-0.4, -0.2) is 28.5 Å². The standard InChI is InChI=1S/C14H22N2O3S/c1-5-6-9(13(18)19)7-15-12(17)10-11(14(2,3)4)16-8-20-10/h8-9H,5-7H2,1-4H3,(H,15,17)(H,18,19). The van der Waals surface area contributed by atoms with Crippen molar-refractivity contribution in [2.24, 2.45) is 5.92 Å². The lowest BCUT2D eigenvalue weighted by Crippen LogP contribution is -2.33. The minimum atomic E-state index is -0.868. The third-order valence-electron chi connectivity index (χ3n) is 2.98. The summed E-state index contributed by atoms with van der Waals surface area (Å²) in [4.78, 5) is 28.0. The molecular weight excluding hydrogens is 276 g/mol. The number of aliphatic carboxylic acids is 1. The van der Waals surface area contributed by atoms with Crippen LogP contribution in [0.4, 0.5) is 0 Å². The lowest BCUT2D eigenvalue weighted by molar-refractivity contribution is -0.141. The third kappa shape index (κ3) is 4.30. The Morgan fingerprint density at radius 3 is 2.60 bits per heavy atom. The van der Waals surface area contributed by atoms with E-state index in [1.807, 2.05) is 27.7 Å². The fourth-order valence-corrected chi connectivity index (χ4v) is 2.81. The van der Waals surface area contributed by atoms with Crippen LogP contribution < -0.4 is 5.32 Å². The van der Waals surface area contributed by atoms with Gasteiger partial charge >= 0.3 is 5.97 Å². The van der Waals surface area contributed by atoms with E-state index < -0.39 is 11.9 Å². The number of thiazole rings is 1. The van der Waals surface area contributed by atoms with Crippen LogP contribution >= 0.6 is 11.3 Å². The fraction of sp³-hybridized carbons (Fsp3) is 0.643. The average Bonchev–Trinajstić information content (AvgIpc) is 2.82. The van der Waals surface area contributed by atoms with Gasteiger partial charge in [0.25, 0.3) is 5.91 Å². The lowest BCUT2D eigenvalue weighted by Gasteiger charge is -2.18. The number of aromatic nitrogens is 1. The van der Waals surface area contributed by atoms with Gasteiger partial charge in [0, 0.05) is 12.0 Å². The molecule has 20 heavy (non-hydrogen) atoms. The smallest absolute Gasteiger partial charge is 0.308 e. The molecule has 1 unspecified atom stereocenters. The first-order chi connectivity index (χ1) is 9.27. The zero-order valence-electron chi connectivity index (χ0n) is 12.4. The first-order valence-electron chi connectivity index (χ1n) is 6.72. The Morgan fingerprint density at radius 2 is 2.10 bits per heavy atom. The summed E-state index contributed by atoms with van der Waals surface area (Å²) in [5.74, 6) is -1.64. The van der Waals surface area contributed by atoms with Crippen molar-refractivity contribution in [1.29, 1.82) is 0 Å². The highest BCUT2D eigenvalue weighted by atomic mass is 32.1. The summed E-state index contributed by atoms with van der Waals surface area (Å²) < 4.78 is 0. The van der Waals surface area contributed by atoms with Crippen LogP contribution in [0, 0.1) is 5.92 Å². The summed E-state index contributed by atoms with van der Waals surface area (Å²) in [6, 6.07) is 0. The maximum Gasteiger partial charge on any atom is 0.308 e. The van der Waals surface area contributed by atoms with E-state index in [1.54, 1.807) is 5.51 Å². The van der Waals surface area contributed by atoms with Crippen LogP contribution in [0.1, 0.15) is 55.9 Å². The van der Waals surface area contributed by atoms with E-state index >= 15 is 0 Å². The van der Waals surface area contributed by atoms with E-state index in [2.05, 4.69) is 10.3 Å². The first kappa shape index (κ1) is 16.6. The highest BCUT2D eigenvalue weighted by molar-refractivity contribution is 7.11. The normalized spacial score (nSPS) is 13.0. The first-order valence-corrected chi connectivity index (χ1v) is 7.60. The van der Waals surface area contributed by atoms with Gasteiger partial charge in [0.1, 0.15) is 4.88 Å². The van der Waals surface area contributed by atoms with Crippen molar-refractivity contribution >= 4 is 23.2 Å². The Hall–Kier alpha value is -1.43. The van der Waals surface area contributed by atoms with Gasteiger partial charge in [-0.3, -0.25) is 9.59 Å². The number of carboxylic acids is 1. The molecule has 1 amide bonds. The van der Waals surface area contributed by atoms with E-state index in [9.17, 15) is 9.59 Å². The van der Waals surface area contributed by atoms with Crippen molar-refractivity contribution in [3.05, 3.63) is 16.1 Å². The van der Waals surface area contributed by atoms with Crippen molar-refractivity contribution in [2.75, 3.05) is 6.54 Å². The Labute approximate surface area is 123 Å². The molecule has 0 bridgehead atoms. The summed E-state index contributed by atoms with van der Waals surface area (Å²) in [5, 5.41) is 11.8. The molecule has 1 rings (SSSR count). The van der Waals surface area contributed by atoms with E-state index in [-0.39, 0.29) is 17.9 Å². The summed E-state index contributed by atoms with van der Waals surface area (Å²) in [6.45, 7) is 8.07. The van der Waals surface area contributed by atoms with Crippen LogP contribution in [0.25, 0.3) is 0 Å². The van der Waals surface area contributed by atoms with E-state index in [0.29, 0.717) is 11.3 Å². The highest BCUT2D eigenvalue weighted by Crippen LogP contribution is 2.27. The molecular formula is C14H22N2O3S. The minimum Gasteiger partial charge on any atom is -0.481 e. The highest BCUT2D eigenvalue weighted by Gasteiger charge is 2.25. The van der Waals surface area contributed by atoms with Crippen LogP contribution in [-0.2, 0) is 10.2 Å². The molecule has 6 heteroatoms. The van der Waals surface area contributed by atoms with Gasteiger partial charge in [-0.15, -0.1) is 11.3 Å². The lowest BCUT2D eigenvalue weighted by atomic mass is 9.91. The number of hydrogen-bond acceptors (Lipinski definition) is 4. The van der Waals surface area contributed by atoms with Gasteiger partial charge < -0.3 is 10.4 Å². The molecule has 1 heterocycles. The molecule has 1 atom stereocenters. The second kappa shape index (κ2) is 6.83. The van der Waals surface area contributed by atoms with Gasteiger partial charge in [-0.1, -0.05) is 34.1 Å². The molecule has 0 saturated carbocycles. The maximum atomic E-state index is 12.2. The summed E-state index contributed by atoms with van der Waals surface area (Å²) in [5.41, 5.74) is 2.20. The third-order valence-corrected chi connectivity index (χ3v) is 3.80. The van der Waals surface area contributed by atoms with Crippen molar-refractivity contribution in [1.82, 2.24) is 10.3 Å². The zero-order chi connectivity index (χ0) is 15.3. The predicted octanol–water partition coefficient (Wildman–Crippen LogP) is 2.67. The molecule has 0 aromatic carbocycles. The van der Waals surface area contributed by atoms with Crippen molar-refractivity contribution in [3.63, 3.8) is 0 Å². The number of hydrogen-bond donors (Lipinski definition) is 2. The fourth-order valence-electron chi connectivity index (χ4n) is 1.90. The monoisotopic (exact) mass is 298 g/mol. The van der Waals surface area contributed by atoms with Gasteiger partial charge in [-0.25, -0.2) is 4.98 Å². The summed E-state index contributed by atoms with van der Waals surface area (Å²) in [6.07, 6.45) is 1.34. The number of carbonyl (C=O) groups is 2. The van der Waals surface area contributed by atoms with E-state index in [4.69, 9.17) is 5.11 Å². The van der Waals surface area contributed by atoms with Gasteiger partial charge in [0.15, 0.2) is 0 Å². The predicted molar refractivity (Wildman–Crippen MR) is 79.2 cm³/mol. The van der Waals surface area contributed by atoms with Crippen LogP contribution in [0.2, 0.25) is 0 Å². The number of rotatable bonds is 6. The van der Waals surface area contributed by atoms with Crippen molar-refractivity contribution in [2.45, 2.75) is 46.0 Å². The molecule has 1 aromatic rings. The Morgan fingerprint density at radius 1 is 1.45 bits per heavy atom. The SMILES string of the molecule is CCCC(CNC(=O)c1scnc1C(C)(C)C)C(=O)O. The molecule has 0 radical (unpaired) electrons. The minimum absolute atomic E-state index is 0.156. The second-order valence-corrected chi connectivity index (χ2v) is 6.67. The van der Waals surface area contributed by atoms with Crippen LogP contribution in [0.5, 0.6) is 0 Å². The van der Waals surface area contributed by atoms with E-state index in [0.717, 1.165) is 12.1 Å². The largest absolute Gasteiger partial charge is 0.481 e. The molecule has 2 N–H and O–H groups in total. The number of amides is 1. The quantitative estimate of drug-likeness (QED) is 0.846. The van der Waals surface area contributed by atoms with Gasteiger partial charge in [0.05, 0.1) is 17.1 Å². The summed E-state index contributed by atoms with van der Waals surface area (Å²) >= 11 is 1.29. The molecule has 0 aliphatic heterocycles. The number of nitrogens with zero attached hydrogens (tertiary/aromatic N) is 1. The van der Waals surface area contributed by atoms with Crippen molar-refractivity contribution in [3.8, 4) is 0 Å². The molecule has 5 nitrogen and oxygen atoms in total. The number of nitrogens with one attached hydrogen (secondary N) is 1. The van der Waals surface area contributed by atoms with Crippen LogP contribution in [0.15, 0.2) is 5.51 Å². The molecule has 1 aromatic heterocycles. The number of carboxylic acid groups (broad SMARTS) is 1. The zero-order valence-corrected chi connectivity index (χ0v) is 13.2. The second-order valence-electron chi connectivity index (χ2n) is 5.81. The topological polar surface area (TPSA) is 79.3 Å². The van der Waals surface area contributed by atoms with Gasteiger partial charge in [0.2, 0.25) is 0 Å². The van der Waals surface area contributed by atoms with Crippen LogP contribution in [0.3, 0.4) is 0 Å². The maximum absolute atomic E-state index is 12.2. The number of carbonyl (C=O) groups excluding carboxylic acids is 1. The van der Waals surface area contributed by atoms with Gasteiger partial charge in [-0.2, -0.15) is 0 Å². The van der Waals surface area contributed by atoms with Gasteiger partial charge in [-0.05, 0) is 6.42 Å². The Bertz CT molecular complexity index is 477.